The van der Waals surface area contributed by atoms with E-state index in [2.05, 4.69) is 4.74 Å². The Labute approximate surface area is 75.9 Å². The number of rotatable bonds is 1. The fourth-order valence-electron chi connectivity index (χ4n) is 1.27. The largest absolute Gasteiger partial charge is 0.469 e. The Hall–Kier alpha value is -0.250. The number of esters is 1. The van der Waals surface area contributed by atoms with Crippen LogP contribution in [-0.2, 0) is 9.53 Å². The average Bonchev–Trinajstić information content (AvgIpc) is 2.09. The van der Waals surface area contributed by atoms with E-state index in [4.69, 9.17) is 0 Å². The molecule has 1 saturated heterocycles. The molecule has 1 aliphatic heterocycles. The highest BCUT2D eigenvalue weighted by molar-refractivity contribution is 7.99. The van der Waals surface area contributed by atoms with Crippen LogP contribution in [0, 0.1) is 5.41 Å². The zero-order valence-corrected chi connectivity index (χ0v) is 8.12. The molecule has 12 heavy (non-hydrogen) atoms. The summed E-state index contributed by atoms with van der Waals surface area (Å²) in [5, 5.41) is 0. The van der Waals surface area contributed by atoms with Crippen LogP contribution in [0.2, 0.25) is 0 Å². The Morgan fingerprint density at radius 3 is 2.92 bits per heavy atom. The number of ether oxygens (including phenoxy) is 1. The summed E-state index contributed by atoms with van der Waals surface area (Å²) in [5.74, 6) is 0.827. The first-order valence-corrected chi connectivity index (χ1v) is 5.07. The van der Waals surface area contributed by atoms with E-state index < -0.39 is 17.6 Å². The van der Waals surface area contributed by atoms with E-state index >= 15 is 0 Å². The summed E-state index contributed by atoms with van der Waals surface area (Å²) >= 11 is 1.55. The number of hydrogen-bond donors (Lipinski definition) is 0. The minimum Gasteiger partial charge on any atom is -0.469 e. The van der Waals surface area contributed by atoms with Gasteiger partial charge in [-0.1, -0.05) is 0 Å². The zero-order valence-electron chi connectivity index (χ0n) is 7.30. The van der Waals surface area contributed by atoms with Gasteiger partial charge in [0.05, 0.1) is 12.5 Å². The SMILES string of the molecule is COC(=O)C1(C)CCSCC1F. The van der Waals surface area contributed by atoms with Crippen molar-refractivity contribution < 1.29 is 13.9 Å². The molecule has 1 aliphatic rings. The van der Waals surface area contributed by atoms with E-state index in [1.165, 1.54) is 7.11 Å². The molecule has 1 fully saturated rings. The highest BCUT2D eigenvalue weighted by atomic mass is 32.2. The molecule has 70 valence electrons. The van der Waals surface area contributed by atoms with Crippen molar-refractivity contribution in [3.63, 3.8) is 0 Å². The lowest BCUT2D eigenvalue weighted by Gasteiger charge is -2.33. The molecule has 0 aromatic carbocycles. The average molecular weight is 192 g/mol. The molecule has 2 atom stereocenters. The Morgan fingerprint density at radius 1 is 1.75 bits per heavy atom. The first-order valence-electron chi connectivity index (χ1n) is 3.91. The Morgan fingerprint density at radius 2 is 2.42 bits per heavy atom. The van der Waals surface area contributed by atoms with Crippen LogP contribution >= 0.6 is 11.8 Å². The number of carbonyl (C=O) groups excluding carboxylic acids is 1. The van der Waals surface area contributed by atoms with Gasteiger partial charge in [-0.25, -0.2) is 4.39 Å². The third-order valence-corrected chi connectivity index (χ3v) is 3.39. The standard InChI is InChI=1S/C8H13FO2S/c1-8(7(10)11-2)3-4-12-5-6(8)9/h6H,3-5H2,1-2H3. The second-order valence-corrected chi connectivity index (χ2v) is 4.35. The quantitative estimate of drug-likeness (QED) is 0.591. The summed E-state index contributed by atoms with van der Waals surface area (Å²) in [6, 6.07) is 0. The molecular weight excluding hydrogens is 179 g/mol. The van der Waals surface area contributed by atoms with Crippen LogP contribution < -0.4 is 0 Å². The van der Waals surface area contributed by atoms with Gasteiger partial charge in [0.1, 0.15) is 6.17 Å². The van der Waals surface area contributed by atoms with Gasteiger partial charge in [0.25, 0.3) is 0 Å². The fraction of sp³-hybridized carbons (Fsp3) is 0.875. The van der Waals surface area contributed by atoms with Crippen molar-refractivity contribution >= 4 is 17.7 Å². The molecule has 2 unspecified atom stereocenters. The summed E-state index contributed by atoms with van der Waals surface area (Å²) in [5.41, 5.74) is -0.903. The van der Waals surface area contributed by atoms with Gasteiger partial charge in [0, 0.05) is 5.75 Å². The number of thioether (sulfide) groups is 1. The molecule has 0 amide bonds. The van der Waals surface area contributed by atoms with E-state index in [1.807, 2.05) is 0 Å². The van der Waals surface area contributed by atoms with Gasteiger partial charge < -0.3 is 4.74 Å². The van der Waals surface area contributed by atoms with Crippen LogP contribution in [0.25, 0.3) is 0 Å². The predicted molar refractivity (Wildman–Crippen MR) is 47.0 cm³/mol. The van der Waals surface area contributed by atoms with Crippen LogP contribution in [-0.4, -0.2) is 30.8 Å². The molecule has 0 aliphatic carbocycles. The lowest BCUT2D eigenvalue weighted by molar-refractivity contribution is -0.155. The maximum Gasteiger partial charge on any atom is 0.314 e. The molecule has 1 heterocycles. The van der Waals surface area contributed by atoms with E-state index in [0.29, 0.717) is 12.2 Å². The summed E-state index contributed by atoms with van der Waals surface area (Å²) in [6.45, 7) is 1.64. The molecule has 0 saturated carbocycles. The maximum atomic E-state index is 13.3. The first kappa shape index (κ1) is 9.84. The molecule has 4 heteroatoms. The van der Waals surface area contributed by atoms with Gasteiger partial charge in [-0.3, -0.25) is 4.79 Å². The molecule has 0 spiro atoms. The van der Waals surface area contributed by atoms with E-state index in [0.717, 1.165) is 5.75 Å². The Balaban J connectivity index is 2.72. The number of carbonyl (C=O) groups is 1. The van der Waals surface area contributed by atoms with Gasteiger partial charge >= 0.3 is 5.97 Å². The molecular formula is C8H13FO2S. The van der Waals surface area contributed by atoms with Crippen LogP contribution in [0.4, 0.5) is 4.39 Å². The topological polar surface area (TPSA) is 26.3 Å². The highest BCUT2D eigenvalue weighted by Gasteiger charge is 2.44. The molecule has 0 radical (unpaired) electrons. The van der Waals surface area contributed by atoms with Crippen LogP contribution in [0.5, 0.6) is 0 Å². The minimum atomic E-state index is -1.07. The van der Waals surface area contributed by atoms with Crippen molar-refractivity contribution in [1.29, 1.82) is 0 Å². The number of alkyl halides is 1. The highest BCUT2D eigenvalue weighted by Crippen LogP contribution is 2.37. The van der Waals surface area contributed by atoms with Crippen LogP contribution in [0.1, 0.15) is 13.3 Å². The summed E-state index contributed by atoms with van der Waals surface area (Å²) in [4.78, 5) is 11.2. The third kappa shape index (κ3) is 1.58. The van der Waals surface area contributed by atoms with Crippen molar-refractivity contribution in [2.75, 3.05) is 18.6 Å². The molecule has 0 N–H and O–H groups in total. The van der Waals surface area contributed by atoms with Gasteiger partial charge in [0.2, 0.25) is 0 Å². The Kier molecular flexibility index (Phi) is 2.99. The summed E-state index contributed by atoms with van der Waals surface area (Å²) in [6.07, 6.45) is -0.491. The number of halogens is 1. The second-order valence-electron chi connectivity index (χ2n) is 3.20. The smallest absolute Gasteiger partial charge is 0.314 e. The van der Waals surface area contributed by atoms with Crippen molar-refractivity contribution in [2.24, 2.45) is 5.41 Å². The molecule has 0 aromatic rings. The Bertz CT molecular complexity index is 186. The fourth-order valence-corrected chi connectivity index (χ4v) is 2.58. The second kappa shape index (κ2) is 3.64. The normalized spacial score (nSPS) is 36.1. The van der Waals surface area contributed by atoms with Crippen molar-refractivity contribution in [2.45, 2.75) is 19.5 Å². The minimum absolute atomic E-state index is 0.408. The lowest BCUT2D eigenvalue weighted by atomic mass is 9.83. The van der Waals surface area contributed by atoms with Crippen molar-refractivity contribution in [3.8, 4) is 0 Å². The van der Waals surface area contributed by atoms with Gasteiger partial charge in [-0.2, -0.15) is 11.8 Å². The first-order chi connectivity index (χ1) is 5.61. The summed E-state index contributed by atoms with van der Waals surface area (Å²) in [7, 11) is 1.31. The molecule has 0 bridgehead atoms. The predicted octanol–water partition coefficient (Wildman–Crippen LogP) is 1.64. The number of hydrogen-bond acceptors (Lipinski definition) is 3. The van der Waals surface area contributed by atoms with Crippen molar-refractivity contribution in [1.82, 2.24) is 0 Å². The molecule has 1 rings (SSSR count). The van der Waals surface area contributed by atoms with Crippen LogP contribution in [0.15, 0.2) is 0 Å². The van der Waals surface area contributed by atoms with Gasteiger partial charge in [0.15, 0.2) is 0 Å². The van der Waals surface area contributed by atoms with Gasteiger partial charge in [-0.15, -0.1) is 0 Å². The van der Waals surface area contributed by atoms with Crippen molar-refractivity contribution in [3.05, 3.63) is 0 Å². The third-order valence-electron chi connectivity index (χ3n) is 2.37. The molecule has 0 aromatic heterocycles. The van der Waals surface area contributed by atoms with E-state index in [1.54, 1.807) is 18.7 Å². The van der Waals surface area contributed by atoms with E-state index in [9.17, 15) is 9.18 Å². The maximum absolute atomic E-state index is 13.3. The molecule has 2 nitrogen and oxygen atoms in total. The summed E-state index contributed by atoms with van der Waals surface area (Å²) < 4.78 is 17.9. The van der Waals surface area contributed by atoms with Crippen LogP contribution in [0.3, 0.4) is 0 Å². The van der Waals surface area contributed by atoms with Gasteiger partial charge in [-0.05, 0) is 19.1 Å². The zero-order chi connectivity index (χ0) is 9.19. The monoisotopic (exact) mass is 192 g/mol. The lowest BCUT2D eigenvalue weighted by Crippen LogP contribution is -2.42. The van der Waals surface area contributed by atoms with E-state index in [-0.39, 0.29) is 0 Å². The number of methoxy groups -OCH3 is 1.